The maximum absolute atomic E-state index is 13.3. The van der Waals surface area contributed by atoms with Gasteiger partial charge in [-0.2, -0.15) is 0 Å². The third-order valence-corrected chi connectivity index (χ3v) is 8.50. The Morgan fingerprint density at radius 1 is 0.667 bits per heavy atom. The summed E-state index contributed by atoms with van der Waals surface area (Å²) in [5.41, 5.74) is 15.7. The third-order valence-electron chi connectivity index (χ3n) is 8.50. The van der Waals surface area contributed by atoms with Crippen LogP contribution in [0.15, 0.2) is 0 Å². The van der Waals surface area contributed by atoms with Crippen molar-refractivity contribution in [2.24, 2.45) is 17.2 Å². The third kappa shape index (κ3) is 19.3. The minimum atomic E-state index is -1.76. The normalized spacial score (nSPS) is 16.1. The summed E-state index contributed by atoms with van der Waals surface area (Å²) in [4.78, 5) is 147. The van der Waals surface area contributed by atoms with E-state index in [0.29, 0.717) is 12.8 Å². The summed E-state index contributed by atoms with van der Waals surface area (Å²) < 4.78 is 0. The van der Waals surface area contributed by atoms with E-state index < -0.39 is 153 Å². The second-order valence-electron chi connectivity index (χ2n) is 13.4. The van der Waals surface area contributed by atoms with E-state index in [2.05, 4.69) is 37.2 Å². The fourth-order valence-corrected chi connectivity index (χ4v) is 5.19. The van der Waals surface area contributed by atoms with Crippen molar-refractivity contribution in [1.82, 2.24) is 47.9 Å². The molecule has 0 aromatic carbocycles. The van der Waals surface area contributed by atoms with Crippen LogP contribution in [0.1, 0.15) is 58.3 Å². The van der Waals surface area contributed by atoms with Gasteiger partial charge >= 0.3 is 5.97 Å². The summed E-state index contributed by atoms with van der Waals surface area (Å²) in [7, 11) is 0. The van der Waals surface area contributed by atoms with Gasteiger partial charge in [-0.15, -0.1) is 0 Å². The number of aliphatic carboxylic acids is 1. The molecule has 18 N–H and O–H groups in total. The van der Waals surface area contributed by atoms with E-state index in [1.165, 1.54) is 6.92 Å². The number of aliphatic hydroxyl groups excluding tert-OH is 2. The molecule has 1 heterocycles. The van der Waals surface area contributed by atoms with Gasteiger partial charge in [0.1, 0.15) is 42.3 Å². The molecule has 1 fully saturated rings. The summed E-state index contributed by atoms with van der Waals surface area (Å²) in [5.74, 6) is -11.6. The summed E-state index contributed by atoms with van der Waals surface area (Å²) in [6.45, 7) is -2.06. The van der Waals surface area contributed by atoms with Crippen molar-refractivity contribution in [1.29, 1.82) is 0 Å². The second kappa shape index (κ2) is 26.5. The van der Waals surface area contributed by atoms with Crippen molar-refractivity contribution < 1.29 is 72.9 Å². The van der Waals surface area contributed by atoms with E-state index in [1.54, 1.807) is 0 Å². The Morgan fingerprint density at radius 2 is 1.20 bits per heavy atom. The van der Waals surface area contributed by atoms with Crippen LogP contribution in [0.3, 0.4) is 0 Å². The monoisotopic (exact) mass is 858 g/mol. The number of amides is 11. The Labute approximate surface area is 342 Å². The van der Waals surface area contributed by atoms with Gasteiger partial charge in [0.15, 0.2) is 0 Å². The molecule has 0 aromatic heterocycles. The highest BCUT2D eigenvalue weighted by atomic mass is 16.4. The number of hydrogen-bond acceptors (Lipinski definition) is 15. The maximum Gasteiger partial charge on any atom is 0.326 e. The molecule has 0 bridgehead atoms. The van der Waals surface area contributed by atoms with Crippen molar-refractivity contribution in [2.45, 2.75) is 101 Å². The number of rotatable bonds is 28. The zero-order valence-corrected chi connectivity index (χ0v) is 32.7. The molecule has 1 saturated heterocycles. The van der Waals surface area contributed by atoms with Gasteiger partial charge in [-0.1, -0.05) is 0 Å². The number of carboxylic acids is 1. The molecule has 7 atom stereocenters. The number of unbranched alkanes of at least 4 members (excludes halogenated alkanes) is 1. The molecule has 27 heteroatoms. The smallest absolute Gasteiger partial charge is 0.326 e. The van der Waals surface area contributed by atoms with Gasteiger partial charge in [-0.25, -0.2) is 4.79 Å². The van der Waals surface area contributed by atoms with E-state index in [1.807, 2.05) is 10.6 Å². The van der Waals surface area contributed by atoms with Crippen LogP contribution in [0.25, 0.3) is 0 Å². The highest BCUT2D eigenvalue weighted by molar-refractivity contribution is 5.98. The molecule has 1 aliphatic rings. The number of carboxylic acid groups (broad SMARTS) is 1. The Morgan fingerprint density at radius 3 is 1.73 bits per heavy atom. The first kappa shape index (κ1) is 51.5. The van der Waals surface area contributed by atoms with E-state index >= 15 is 0 Å². The van der Waals surface area contributed by atoms with E-state index in [-0.39, 0.29) is 31.7 Å². The highest BCUT2D eigenvalue weighted by Crippen LogP contribution is 2.08. The lowest BCUT2D eigenvalue weighted by Gasteiger charge is -2.25. The first-order chi connectivity index (χ1) is 28.2. The van der Waals surface area contributed by atoms with Crippen LogP contribution in [0.4, 0.5) is 0 Å². The lowest BCUT2D eigenvalue weighted by atomic mass is 10.1. The molecule has 27 nitrogen and oxygen atoms in total. The van der Waals surface area contributed by atoms with Gasteiger partial charge in [0, 0.05) is 12.8 Å². The van der Waals surface area contributed by atoms with Crippen LogP contribution in [0.2, 0.25) is 0 Å². The van der Waals surface area contributed by atoms with Crippen molar-refractivity contribution in [3.8, 4) is 0 Å². The van der Waals surface area contributed by atoms with Gasteiger partial charge in [-0.05, 0) is 45.6 Å². The molecule has 0 saturated carbocycles. The van der Waals surface area contributed by atoms with Crippen LogP contribution in [0, 0.1) is 0 Å². The predicted octanol–water partition coefficient (Wildman–Crippen LogP) is -9.23. The largest absolute Gasteiger partial charge is 0.480 e. The molecule has 0 aliphatic carbocycles. The molecular formula is C33H54N12O15. The van der Waals surface area contributed by atoms with Gasteiger partial charge in [0.2, 0.25) is 65.0 Å². The summed E-state index contributed by atoms with van der Waals surface area (Å²) in [6, 6.07) is -10.0. The first-order valence-electron chi connectivity index (χ1n) is 18.6. The summed E-state index contributed by atoms with van der Waals surface area (Å²) >= 11 is 0. The van der Waals surface area contributed by atoms with Gasteiger partial charge in [0.25, 0.3) is 0 Å². The van der Waals surface area contributed by atoms with Crippen molar-refractivity contribution in [3.63, 3.8) is 0 Å². The number of primary amides is 2. The zero-order valence-electron chi connectivity index (χ0n) is 32.7. The fourth-order valence-electron chi connectivity index (χ4n) is 5.19. The quantitative estimate of drug-likeness (QED) is 0.0325. The van der Waals surface area contributed by atoms with E-state index in [9.17, 15) is 67.7 Å². The van der Waals surface area contributed by atoms with Crippen molar-refractivity contribution >= 4 is 70.9 Å². The lowest BCUT2D eigenvalue weighted by Crippen LogP contribution is -2.59. The Kier molecular flexibility index (Phi) is 22.8. The maximum atomic E-state index is 13.3. The zero-order chi connectivity index (χ0) is 45.5. The summed E-state index contributed by atoms with van der Waals surface area (Å²) in [5, 5.41) is 48.7. The molecule has 0 aromatic rings. The van der Waals surface area contributed by atoms with Crippen LogP contribution >= 0.6 is 0 Å². The van der Waals surface area contributed by atoms with E-state index in [0.717, 1.165) is 0 Å². The molecule has 336 valence electrons. The minimum absolute atomic E-state index is 0.0181. The lowest BCUT2D eigenvalue weighted by molar-refractivity contribution is -0.144. The second-order valence-corrected chi connectivity index (χ2v) is 13.4. The van der Waals surface area contributed by atoms with E-state index in [4.69, 9.17) is 22.3 Å². The molecule has 0 unspecified atom stereocenters. The van der Waals surface area contributed by atoms with Gasteiger partial charge in [0.05, 0.1) is 32.7 Å². The number of nitrogens with two attached hydrogens (primary N) is 3. The molecule has 1 rings (SSSR count). The summed E-state index contributed by atoms with van der Waals surface area (Å²) in [6.07, 6.45) is -0.481. The minimum Gasteiger partial charge on any atom is -0.480 e. The van der Waals surface area contributed by atoms with Crippen LogP contribution in [0.5, 0.6) is 0 Å². The SMILES string of the molecule is C[C@H](NC(=O)[C@@H]1CCC(=O)N1)C(=O)N[C@H](CCCCN)C(=O)N[C@H](CO)C(=O)N[C@H](CCC(N)=O)C(=O)NCC(=O)NCC(=O)N[C@H](CO)C(=O)N[C@@H](CC(N)=O)C(=O)O. The Balaban J connectivity index is 2.86. The van der Waals surface area contributed by atoms with Crippen molar-refractivity contribution in [3.05, 3.63) is 0 Å². The van der Waals surface area contributed by atoms with Gasteiger partial charge < -0.3 is 80.4 Å². The number of hydrogen-bond donors (Lipinski definition) is 15. The highest BCUT2D eigenvalue weighted by Gasteiger charge is 2.33. The molecule has 11 amide bonds. The standard InChI is InChI=1S/C33H54N12O15/c1-15(39-29(55)18-6-8-24(50)40-18)27(53)42-16(4-2-3-9-34)30(56)45-21(14-47)32(58)43-17(5-7-22(35)48)28(54)38-11-25(51)37-12-26(52)41-20(13-46)31(57)44-19(33(59)60)10-23(36)49/h15-21,46-47H,2-14,34H2,1H3,(H2,35,48)(H2,36,49)(H,37,51)(H,38,54)(H,39,55)(H,40,50)(H,41,52)(H,42,53)(H,43,58)(H,44,57)(H,45,56)(H,59,60)/t15-,16+,17+,18-,19-,20+,21+/m0/s1. The predicted molar refractivity (Wildman–Crippen MR) is 201 cm³/mol. The van der Waals surface area contributed by atoms with Crippen molar-refractivity contribution in [2.75, 3.05) is 32.8 Å². The van der Waals surface area contributed by atoms with Crippen LogP contribution in [-0.4, -0.2) is 161 Å². The van der Waals surface area contributed by atoms with Gasteiger partial charge in [-0.3, -0.25) is 52.7 Å². The number of carbonyl (C=O) groups excluding carboxylic acids is 11. The average molecular weight is 859 g/mol. The van der Waals surface area contributed by atoms with Crippen LogP contribution < -0.4 is 65.1 Å². The Hall–Kier alpha value is -6.48. The topological polar surface area (TPSA) is 452 Å². The average Bonchev–Trinajstić information content (AvgIpc) is 3.63. The Bertz CT molecular complexity index is 1610. The number of nitrogens with one attached hydrogen (secondary N) is 9. The molecular weight excluding hydrogens is 804 g/mol. The fraction of sp³-hybridized carbons (Fsp3) is 0.636. The van der Waals surface area contributed by atoms with Crippen LogP contribution in [-0.2, 0) is 57.5 Å². The molecule has 1 aliphatic heterocycles. The molecule has 0 spiro atoms. The molecule has 60 heavy (non-hydrogen) atoms. The molecule has 0 radical (unpaired) electrons. The number of aliphatic hydroxyl groups is 2. The number of carbonyl (C=O) groups is 12. The first-order valence-corrected chi connectivity index (χ1v) is 18.6.